The van der Waals surface area contributed by atoms with Crippen LogP contribution in [0.3, 0.4) is 0 Å². The second-order valence-corrected chi connectivity index (χ2v) is 7.17. The largest absolute Gasteiger partial charge is 0.338 e. The molecule has 4 rings (SSSR count). The van der Waals surface area contributed by atoms with E-state index in [1.807, 2.05) is 4.90 Å². The van der Waals surface area contributed by atoms with E-state index in [2.05, 4.69) is 38.8 Å². The molecule has 2 aromatic rings. The molecule has 7 heteroatoms. The number of carbonyl (C=O) groups is 1. The van der Waals surface area contributed by atoms with E-state index < -0.39 is 0 Å². The number of aromatic amines is 1. The lowest BCUT2D eigenvalue weighted by molar-refractivity contribution is 0.0702. The van der Waals surface area contributed by atoms with E-state index in [1.54, 1.807) is 6.20 Å². The lowest BCUT2D eigenvalue weighted by atomic mass is 9.96. The minimum atomic E-state index is 0.0818. The highest BCUT2D eigenvalue weighted by atomic mass is 16.2. The average molecular weight is 328 g/mol. The van der Waals surface area contributed by atoms with Crippen LogP contribution in [-0.2, 0) is 13.0 Å². The molecule has 128 valence electrons. The van der Waals surface area contributed by atoms with Crippen molar-refractivity contribution in [3.63, 3.8) is 0 Å². The third kappa shape index (κ3) is 2.52. The Kier molecular flexibility index (Phi) is 3.86. The molecule has 0 spiro atoms. The fourth-order valence-corrected chi connectivity index (χ4v) is 3.92. The zero-order chi connectivity index (χ0) is 16.7. The van der Waals surface area contributed by atoms with Gasteiger partial charge in [0.25, 0.3) is 5.91 Å². The smallest absolute Gasteiger partial charge is 0.257 e. The minimum Gasteiger partial charge on any atom is -0.338 e. The molecule has 7 nitrogen and oxygen atoms in total. The van der Waals surface area contributed by atoms with Gasteiger partial charge < -0.3 is 9.47 Å². The molecule has 0 saturated carbocycles. The van der Waals surface area contributed by atoms with Crippen molar-refractivity contribution < 1.29 is 4.79 Å². The van der Waals surface area contributed by atoms with Crippen LogP contribution in [0.1, 0.15) is 72.6 Å². The molecule has 1 amide bonds. The zero-order valence-corrected chi connectivity index (χ0v) is 14.3. The lowest BCUT2D eigenvalue weighted by Crippen LogP contribution is -2.40. The van der Waals surface area contributed by atoms with Gasteiger partial charge >= 0.3 is 0 Å². The summed E-state index contributed by atoms with van der Waals surface area (Å²) in [7, 11) is 0. The Morgan fingerprint density at radius 3 is 3.00 bits per heavy atom. The molecule has 1 fully saturated rings. The van der Waals surface area contributed by atoms with E-state index in [0.717, 1.165) is 62.7 Å². The molecule has 1 atom stereocenters. The molecule has 0 bridgehead atoms. The number of nitrogens with one attached hydrogen (secondary N) is 1. The summed E-state index contributed by atoms with van der Waals surface area (Å²) in [5.74, 6) is 2.79. The number of aromatic nitrogens is 5. The summed E-state index contributed by atoms with van der Waals surface area (Å²) in [6, 6.07) is 0. The Bertz CT molecular complexity index is 746. The number of H-pyrrole nitrogens is 1. The molecule has 2 aliphatic rings. The van der Waals surface area contributed by atoms with Crippen molar-refractivity contribution >= 4 is 5.91 Å². The van der Waals surface area contributed by atoms with Crippen molar-refractivity contribution in [2.24, 2.45) is 0 Å². The van der Waals surface area contributed by atoms with Gasteiger partial charge in [0, 0.05) is 32.0 Å². The van der Waals surface area contributed by atoms with Crippen LogP contribution >= 0.6 is 0 Å². The third-order valence-electron chi connectivity index (χ3n) is 5.19. The number of carbonyl (C=O) groups excluding carboxylic acids is 1. The van der Waals surface area contributed by atoms with Gasteiger partial charge in [0.05, 0.1) is 17.5 Å². The van der Waals surface area contributed by atoms with Crippen LogP contribution in [0.15, 0.2) is 6.20 Å². The quantitative estimate of drug-likeness (QED) is 0.935. The number of fused-ring (bicyclic) bond motifs is 1. The molecular weight excluding hydrogens is 304 g/mol. The van der Waals surface area contributed by atoms with Gasteiger partial charge in [-0.2, -0.15) is 5.10 Å². The molecule has 1 unspecified atom stereocenters. The van der Waals surface area contributed by atoms with Crippen molar-refractivity contribution in [2.75, 3.05) is 13.1 Å². The van der Waals surface area contributed by atoms with Crippen LogP contribution in [0.4, 0.5) is 0 Å². The summed E-state index contributed by atoms with van der Waals surface area (Å²) in [5, 5.41) is 15.8. The van der Waals surface area contributed by atoms with E-state index in [1.165, 1.54) is 0 Å². The number of aryl methyl sites for hydroxylation is 1. The number of nitrogens with zero attached hydrogens (tertiary/aromatic N) is 5. The molecule has 0 aliphatic carbocycles. The predicted molar refractivity (Wildman–Crippen MR) is 88.9 cm³/mol. The van der Waals surface area contributed by atoms with Gasteiger partial charge in [-0.05, 0) is 25.2 Å². The maximum Gasteiger partial charge on any atom is 0.257 e. The maximum absolute atomic E-state index is 13.0. The monoisotopic (exact) mass is 328 g/mol. The van der Waals surface area contributed by atoms with Gasteiger partial charge in [-0.1, -0.05) is 13.8 Å². The van der Waals surface area contributed by atoms with Crippen LogP contribution in [0.25, 0.3) is 0 Å². The van der Waals surface area contributed by atoms with Crippen LogP contribution in [-0.4, -0.2) is 48.9 Å². The van der Waals surface area contributed by atoms with Gasteiger partial charge in [0.2, 0.25) is 0 Å². The highest BCUT2D eigenvalue weighted by molar-refractivity contribution is 5.95. The molecule has 0 radical (unpaired) electrons. The SMILES string of the molecule is CC(C)c1[nH]ncc1C(=O)N1CCCC(c2nnc3n2CCC3)C1. The summed E-state index contributed by atoms with van der Waals surface area (Å²) < 4.78 is 2.26. The van der Waals surface area contributed by atoms with E-state index in [0.29, 0.717) is 5.56 Å². The molecule has 1 saturated heterocycles. The highest BCUT2D eigenvalue weighted by Crippen LogP contribution is 2.29. The Morgan fingerprint density at radius 1 is 1.29 bits per heavy atom. The maximum atomic E-state index is 13.0. The zero-order valence-electron chi connectivity index (χ0n) is 14.3. The summed E-state index contributed by atoms with van der Waals surface area (Å²) in [6.45, 7) is 6.69. The topological polar surface area (TPSA) is 79.7 Å². The lowest BCUT2D eigenvalue weighted by Gasteiger charge is -2.32. The molecule has 1 N–H and O–H groups in total. The first kappa shape index (κ1) is 15.4. The van der Waals surface area contributed by atoms with E-state index in [9.17, 15) is 4.79 Å². The van der Waals surface area contributed by atoms with Crippen molar-refractivity contribution in [1.29, 1.82) is 0 Å². The van der Waals surface area contributed by atoms with Crippen LogP contribution in [0, 0.1) is 0 Å². The average Bonchev–Trinajstić information content (AvgIpc) is 3.29. The molecule has 4 heterocycles. The van der Waals surface area contributed by atoms with Crippen molar-refractivity contribution in [3.05, 3.63) is 29.1 Å². The second kappa shape index (κ2) is 6.03. The Balaban J connectivity index is 1.54. The van der Waals surface area contributed by atoms with Crippen LogP contribution in [0.2, 0.25) is 0 Å². The molecule has 2 aliphatic heterocycles. The second-order valence-electron chi connectivity index (χ2n) is 7.17. The fourth-order valence-electron chi connectivity index (χ4n) is 3.92. The number of likely N-dealkylation sites (tertiary alicyclic amines) is 1. The minimum absolute atomic E-state index is 0.0818. The molecule has 24 heavy (non-hydrogen) atoms. The number of amides is 1. The van der Waals surface area contributed by atoms with E-state index >= 15 is 0 Å². The summed E-state index contributed by atoms with van der Waals surface area (Å²) in [6.07, 6.45) is 5.92. The third-order valence-corrected chi connectivity index (χ3v) is 5.19. The number of rotatable bonds is 3. The summed E-state index contributed by atoms with van der Waals surface area (Å²) in [4.78, 5) is 14.9. The predicted octanol–water partition coefficient (Wildman–Crippen LogP) is 2.09. The van der Waals surface area contributed by atoms with E-state index in [-0.39, 0.29) is 17.7 Å². The van der Waals surface area contributed by atoms with Gasteiger partial charge in [-0.15, -0.1) is 10.2 Å². The van der Waals surface area contributed by atoms with Crippen molar-refractivity contribution in [1.82, 2.24) is 29.9 Å². The normalized spacial score (nSPS) is 20.6. The van der Waals surface area contributed by atoms with Crippen LogP contribution in [0.5, 0.6) is 0 Å². The summed E-state index contributed by atoms with van der Waals surface area (Å²) >= 11 is 0. The summed E-state index contributed by atoms with van der Waals surface area (Å²) in [5.41, 5.74) is 1.63. The Labute approximate surface area is 141 Å². The molecule has 2 aromatic heterocycles. The first-order valence-electron chi connectivity index (χ1n) is 8.89. The van der Waals surface area contributed by atoms with Gasteiger partial charge in [0.15, 0.2) is 0 Å². The van der Waals surface area contributed by atoms with Gasteiger partial charge in [-0.25, -0.2) is 0 Å². The van der Waals surface area contributed by atoms with Gasteiger partial charge in [-0.3, -0.25) is 9.89 Å². The first-order valence-corrected chi connectivity index (χ1v) is 8.89. The van der Waals surface area contributed by atoms with E-state index in [4.69, 9.17) is 0 Å². The van der Waals surface area contributed by atoms with Crippen molar-refractivity contribution in [3.8, 4) is 0 Å². The number of hydrogen-bond donors (Lipinski definition) is 1. The van der Waals surface area contributed by atoms with Crippen molar-refractivity contribution in [2.45, 2.75) is 57.9 Å². The molecular formula is C17H24N6O. The van der Waals surface area contributed by atoms with Gasteiger partial charge in [0.1, 0.15) is 11.6 Å². The highest BCUT2D eigenvalue weighted by Gasteiger charge is 2.31. The standard InChI is InChI=1S/C17H24N6O/c1-11(2)15-13(9-18-20-15)17(24)22-7-3-5-12(10-22)16-21-19-14-6-4-8-23(14)16/h9,11-12H,3-8,10H2,1-2H3,(H,18,20). The van der Waals surface area contributed by atoms with Crippen LogP contribution < -0.4 is 0 Å². The molecule has 0 aromatic carbocycles. The Morgan fingerprint density at radius 2 is 2.17 bits per heavy atom. The fraction of sp³-hybridized carbons (Fsp3) is 0.647. The number of hydrogen-bond acceptors (Lipinski definition) is 4. The Hall–Kier alpha value is -2.18. The number of piperidine rings is 1. The first-order chi connectivity index (χ1) is 11.6.